The smallest absolute Gasteiger partial charge is 0.219 e. The van der Waals surface area contributed by atoms with Gasteiger partial charge >= 0.3 is 0 Å². The molecule has 170 valence electrons. The first-order valence-electron chi connectivity index (χ1n) is 11.5. The first-order chi connectivity index (χ1) is 16.0. The Morgan fingerprint density at radius 3 is 2.85 bits per heavy atom. The van der Waals surface area contributed by atoms with Crippen LogP contribution in [-0.2, 0) is 17.9 Å². The van der Waals surface area contributed by atoms with Crippen molar-refractivity contribution in [1.29, 1.82) is 0 Å². The molecular formula is C26H28ClN5O. The van der Waals surface area contributed by atoms with E-state index in [-0.39, 0.29) is 11.9 Å². The number of hydrogen-bond donors (Lipinski definition) is 1. The van der Waals surface area contributed by atoms with E-state index in [2.05, 4.69) is 46.0 Å². The highest BCUT2D eigenvalue weighted by molar-refractivity contribution is 6.30. The summed E-state index contributed by atoms with van der Waals surface area (Å²) in [6, 6.07) is 14.9. The minimum absolute atomic E-state index is 0.133. The van der Waals surface area contributed by atoms with E-state index in [4.69, 9.17) is 11.6 Å². The number of rotatable bonds is 4. The number of nitrogens with zero attached hydrogens (tertiary/aromatic N) is 4. The Labute approximate surface area is 199 Å². The molecule has 2 aliphatic rings. The molecule has 2 aliphatic heterocycles. The van der Waals surface area contributed by atoms with Crippen LogP contribution in [0.1, 0.15) is 48.2 Å². The zero-order valence-electron chi connectivity index (χ0n) is 19.0. The maximum atomic E-state index is 11.7. The zero-order valence-corrected chi connectivity index (χ0v) is 19.8. The third-order valence-corrected chi connectivity index (χ3v) is 6.92. The Bertz CT molecular complexity index is 1230. The van der Waals surface area contributed by atoms with Gasteiger partial charge in [0.25, 0.3) is 0 Å². The van der Waals surface area contributed by atoms with Gasteiger partial charge in [0, 0.05) is 49.7 Å². The Hall–Kier alpha value is -2.96. The van der Waals surface area contributed by atoms with Crippen LogP contribution in [0, 0.1) is 6.92 Å². The van der Waals surface area contributed by atoms with E-state index in [1.807, 2.05) is 34.7 Å². The first kappa shape index (κ1) is 21.9. The molecule has 0 spiro atoms. The van der Waals surface area contributed by atoms with Gasteiger partial charge in [0.1, 0.15) is 0 Å². The van der Waals surface area contributed by atoms with Crippen LogP contribution in [-0.4, -0.2) is 38.9 Å². The Balaban J connectivity index is 1.49. The van der Waals surface area contributed by atoms with Gasteiger partial charge in [-0.05, 0) is 60.2 Å². The van der Waals surface area contributed by atoms with Crippen molar-refractivity contribution in [3.05, 3.63) is 75.9 Å². The fourth-order valence-corrected chi connectivity index (χ4v) is 5.09. The van der Waals surface area contributed by atoms with Crippen molar-refractivity contribution < 1.29 is 4.79 Å². The van der Waals surface area contributed by atoms with E-state index in [0.29, 0.717) is 6.54 Å². The lowest BCUT2D eigenvalue weighted by Gasteiger charge is -2.26. The molecule has 6 nitrogen and oxygen atoms in total. The summed E-state index contributed by atoms with van der Waals surface area (Å²) in [4.78, 5) is 13.6. The highest BCUT2D eigenvalue weighted by atomic mass is 35.5. The van der Waals surface area contributed by atoms with Gasteiger partial charge in [-0.25, -0.2) is 4.68 Å². The Morgan fingerprint density at radius 1 is 1.21 bits per heavy atom. The van der Waals surface area contributed by atoms with Gasteiger partial charge in [0.05, 0.1) is 11.4 Å². The number of hydrogen-bond acceptors (Lipinski definition) is 4. The summed E-state index contributed by atoms with van der Waals surface area (Å²) >= 11 is 6.20. The lowest BCUT2D eigenvalue weighted by Crippen LogP contribution is -2.32. The Kier molecular flexibility index (Phi) is 6.04. The first-order valence-corrected chi connectivity index (χ1v) is 11.8. The number of carbonyl (C=O) groups is 1. The number of carbonyl (C=O) groups excluding carboxylic acids is 1. The van der Waals surface area contributed by atoms with Crippen molar-refractivity contribution in [3.63, 3.8) is 0 Å². The van der Waals surface area contributed by atoms with Crippen LogP contribution >= 0.6 is 11.6 Å². The minimum atomic E-state index is 0.133. The number of nitrogens with one attached hydrogen (secondary N) is 1. The second-order valence-electron chi connectivity index (χ2n) is 8.85. The average molecular weight is 462 g/mol. The molecule has 1 unspecified atom stereocenters. The molecule has 0 bridgehead atoms. The zero-order chi connectivity index (χ0) is 22.9. The minimum Gasteiger partial charge on any atom is -0.339 e. The van der Waals surface area contributed by atoms with Crippen molar-refractivity contribution in [3.8, 4) is 11.3 Å². The second-order valence-corrected chi connectivity index (χ2v) is 9.28. The molecule has 1 N–H and O–H groups in total. The van der Waals surface area contributed by atoms with E-state index in [1.165, 1.54) is 27.8 Å². The summed E-state index contributed by atoms with van der Waals surface area (Å²) < 4.78 is 2.03. The third kappa shape index (κ3) is 4.45. The molecule has 0 saturated heterocycles. The maximum absolute atomic E-state index is 11.7. The topological polar surface area (TPSA) is 63.1 Å². The van der Waals surface area contributed by atoms with Crippen molar-refractivity contribution in [2.45, 2.75) is 45.8 Å². The molecule has 7 heteroatoms. The van der Waals surface area contributed by atoms with E-state index in [9.17, 15) is 4.79 Å². The number of benzene rings is 2. The number of halogens is 1. The van der Waals surface area contributed by atoms with Gasteiger partial charge in [0.2, 0.25) is 5.91 Å². The normalized spacial score (nSPS) is 17.7. The van der Waals surface area contributed by atoms with Crippen LogP contribution in [0.4, 0.5) is 0 Å². The van der Waals surface area contributed by atoms with Gasteiger partial charge in [-0.2, -0.15) is 0 Å². The van der Waals surface area contributed by atoms with Crippen molar-refractivity contribution in [2.24, 2.45) is 0 Å². The van der Waals surface area contributed by atoms with Crippen LogP contribution in [0.15, 0.2) is 48.5 Å². The molecule has 33 heavy (non-hydrogen) atoms. The summed E-state index contributed by atoms with van der Waals surface area (Å²) in [5, 5.41) is 13.2. The van der Waals surface area contributed by atoms with Crippen LogP contribution in [0.25, 0.3) is 16.8 Å². The molecule has 1 aromatic heterocycles. The quantitative estimate of drug-likeness (QED) is 0.607. The van der Waals surface area contributed by atoms with Crippen LogP contribution in [0.3, 0.4) is 0 Å². The van der Waals surface area contributed by atoms with Crippen molar-refractivity contribution in [1.82, 2.24) is 25.2 Å². The van der Waals surface area contributed by atoms with E-state index < -0.39 is 0 Å². The predicted octanol–water partition coefficient (Wildman–Crippen LogP) is 4.78. The van der Waals surface area contributed by atoms with E-state index in [1.54, 1.807) is 6.92 Å². The second kappa shape index (κ2) is 9.12. The fourth-order valence-electron chi connectivity index (χ4n) is 4.88. The molecule has 5 rings (SSSR count). The molecule has 1 amide bonds. The molecule has 0 radical (unpaired) electrons. The molecule has 0 fully saturated rings. The fraction of sp³-hybridized carbons (Fsp3) is 0.346. The molecule has 2 aromatic carbocycles. The van der Waals surface area contributed by atoms with Crippen LogP contribution in [0.5, 0.6) is 0 Å². The van der Waals surface area contributed by atoms with E-state index >= 15 is 0 Å². The van der Waals surface area contributed by atoms with Crippen molar-refractivity contribution >= 4 is 23.1 Å². The monoisotopic (exact) mass is 461 g/mol. The van der Waals surface area contributed by atoms with Gasteiger partial charge in [-0.15, -0.1) is 5.10 Å². The van der Waals surface area contributed by atoms with Crippen LogP contribution < -0.4 is 5.32 Å². The van der Waals surface area contributed by atoms with Gasteiger partial charge in [-0.1, -0.05) is 47.2 Å². The summed E-state index contributed by atoms with van der Waals surface area (Å²) in [7, 11) is 0. The SMILES string of the molecule is CC(=O)N1CC=C(c2ccc3c(c2)C(NCc2cccc(Cl)c2)CCn2nnc(C)c2-3)CC1. The van der Waals surface area contributed by atoms with Gasteiger partial charge < -0.3 is 10.2 Å². The molecule has 0 saturated carbocycles. The third-order valence-electron chi connectivity index (χ3n) is 6.68. The summed E-state index contributed by atoms with van der Waals surface area (Å²) in [6.07, 6.45) is 3.98. The predicted molar refractivity (Wildman–Crippen MR) is 131 cm³/mol. The number of amides is 1. The number of fused-ring (bicyclic) bond motifs is 3. The van der Waals surface area contributed by atoms with Gasteiger partial charge in [0.15, 0.2) is 0 Å². The lowest BCUT2D eigenvalue weighted by molar-refractivity contribution is -0.128. The largest absolute Gasteiger partial charge is 0.339 e. The molecule has 0 aliphatic carbocycles. The molecule has 3 heterocycles. The summed E-state index contributed by atoms with van der Waals surface area (Å²) in [5.74, 6) is 0.133. The Morgan fingerprint density at radius 2 is 2.09 bits per heavy atom. The molecule has 1 atom stereocenters. The maximum Gasteiger partial charge on any atom is 0.219 e. The highest BCUT2D eigenvalue weighted by Gasteiger charge is 2.26. The summed E-state index contributed by atoms with van der Waals surface area (Å²) in [6.45, 7) is 6.65. The van der Waals surface area contributed by atoms with E-state index in [0.717, 1.165) is 48.9 Å². The van der Waals surface area contributed by atoms with Crippen molar-refractivity contribution in [2.75, 3.05) is 13.1 Å². The molecule has 3 aromatic rings. The summed E-state index contributed by atoms with van der Waals surface area (Å²) in [5.41, 5.74) is 8.20. The number of aromatic nitrogens is 3. The van der Waals surface area contributed by atoms with Crippen LogP contribution in [0.2, 0.25) is 5.02 Å². The molecular weight excluding hydrogens is 434 g/mol. The lowest BCUT2D eigenvalue weighted by atomic mass is 9.90. The highest BCUT2D eigenvalue weighted by Crippen LogP contribution is 2.37. The number of aryl methyl sites for hydroxylation is 2. The average Bonchev–Trinajstić information content (AvgIpc) is 3.10. The standard InChI is InChI=1S/C26H28ClN5O/c1-17-26-23-7-6-21(20-8-11-31(12-9-20)18(2)33)15-24(23)25(10-13-32(26)30-29-17)28-16-19-4-3-5-22(27)14-19/h3-8,14-15,25,28H,9-13,16H2,1-2H3. The van der Waals surface area contributed by atoms with Gasteiger partial charge in [-0.3, -0.25) is 4.79 Å².